The summed E-state index contributed by atoms with van der Waals surface area (Å²) in [4.78, 5) is 37.8. The second-order valence-corrected chi connectivity index (χ2v) is 9.68. The van der Waals surface area contributed by atoms with Gasteiger partial charge in [-0.05, 0) is 86.8 Å². The molecule has 35 heavy (non-hydrogen) atoms. The number of fused-ring (bicyclic) bond motifs is 1. The van der Waals surface area contributed by atoms with Crippen molar-refractivity contribution in [3.05, 3.63) is 58.7 Å². The van der Waals surface area contributed by atoms with Crippen molar-refractivity contribution in [1.82, 2.24) is 4.90 Å². The van der Waals surface area contributed by atoms with E-state index in [0.717, 1.165) is 40.8 Å². The van der Waals surface area contributed by atoms with Crippen molar-refractivity contribution in [1.29, 1.82) is 0 Å². The number of benzene rings is 2. The highest BCUT2D eigenvalue weighted by atomic mass is 16.6. The summed E-state index contributed by atoms with van der Waals surface area (Å²) < 4.78 is 5.72. The molecule has 0 radical (unpaired) electrons. The molecule has 0 aromatic heterocycles. The van der Waals surface area contributed by atoms with Gasteiger partial charge in [-0.25, -0.2) is 9.59 Å². The molecule has 3 amide bonds. The van der Waals surface area contributed by atoms with E-state index < -0.39 is 5.97 Å². The van der Waals surface area contributed by atoms with Gasteiger partial charge < -0.3 is 25.4 Å². The number of anilines is 2. The highest BCUT2D eigenvalue weighted by molar-refractivity contribution is 6.00. The van der Waals surface area contributed by atoms with Gasteiger partial charge in [0.1, 0.15) is 6.10 Å². The Bertz CT molecular complexity index is 1110. The van der Waals surface area contributed by atoms with Gasteiger partial charge >= 0.3 is 18.1 Å². The number of nitrogens with zero attached hydrogens (tertiary/aromatic N) is 1. The highest BCUT2D eigenvalue weighted by Crippen LogP contribution is 2.30. The summed E-state index contributed by atoms with van der Waals surface area (Å²) in [6.07, 6.45) is 3.40. The zero-order valence-electron chi connectivity index (χ0n) is 20.3. The van der Waals surface area contributed by atoms with E-state index in [-0.39, 0.29) is 30.6 Å². The molecule has 1 aliphatic carbocycles. The van der Waals surface area contributed by atoms with Gasteiger partial charge in [-0.1, -0.05) is 23.8 Å². The quantitative estimate of drug-likeness (QED) is 0.527. The number of hydrogen-bond donors (Lipinski definition) is 3. The smallest absolute Gasteiger partial charge is 0.410 e. The van der Waals surface area contributed by atoms with Crippen molar-refractivity contribution >= 4 is 29.5 Å². The molecule has 3 N–H and O–H groups in total. The standard InChI is InChI=1S/C27H33N3O5/c1-17-3-10-24(18(2)13-17)29-26(33)28-22-7-6-21-16-30(12-11-20(21)15-22)27(34)35-23-8-4-19(5-9-23)14-25(31)32/h3,6-7,10,13,15,19,23H,4-5,8-9,11-12,14,16H2,1-2H3,(H,31,32)(H2,28,29,33). The molecule has 2 aromatic carbocycles. The lowest BCUT2D eigenvalue weighted by molar-refractivity contribution is -0.138. The van der Waals surface area contributed by atoms with E-state index in [4.69, 9.17) is 9.84 Å². The van der Waals surface area contributed by atoms with Gasteiger partial charge in [0.25, 0.3) is 0 Å². The predicted molar refractivity (Wildman–Crippen MR) is 134 cm³/mol. The van der Waals surface area contributed by atoms with E-state index in [1.165, 1.54) is 0 Å². The van der Waals surface area contributed by atoms with Gasteiger partial charge in [0, 0.05) is 30.9 Å². The third kappa shape index (κ3) is 6.53. The number of aliphatic carboxylic acids is 1. The molecule has 0 atom stereocenters. The minimum atomic E-state index is -0.766. The van der Waals surface area contributed by atoms with Crippen LogP contribution in [0.2, 0.25) is 0 Å². The van der Waals surface area contributed by atoms with Gasteiger partial charge in [0.2, 0.25) is 0 Å². The molecule has 1 fully saturated rings. The number of nitrogens with one attached hydrogen (secondary N) is 2. The lowest BCUT2D eigenvalue weighted by Gasteiger charge is -2.32. The number of carbonyl (C=O) groups is 3. The van der Waals surface area contributed by atoms with E-state index in [1.54, 1.807) is 4.90 Å². The number of aryl methyl sites for hydroxylation is 2. The summed E-state index contributed by atoms with van der Waals surface area (Å²) in [6, 6.07) is 11.3. The van der Waals surface area contributed by atoms with Crippen LogP contribution in [-0.2, 0) is 22.5 Å². The summed E-state index contributed by atoms with van der Waals surface area (Å²) in [5.41, 5.74) is 5.78. The first-order valence-electron chi connectivity index (χ1n) is 12.2. The number of urea groups is 1. The van der Waals surface area contributed by atoms with Crippen molar-refractivity contribution in [3.8, 4) is 0 Å². The molecule has 1 aliphatic heterocycles. The fourth-order valence-electron chi connectivity index (χ4n) is 4.94. The summed E-state index contributed by atoms with van der Waals surface area (Å²) in [7, 11) is 0. The van der Waals surface area contributed by atoms with Crippen LogP contribution in [0.3, 0.4) is 0 Å². The van der Waals surface area contributed by atoms with Crippen LogP contribution in [0.1, 0.15) is 54.4 Å². The summed E-state index contributed by atoms with van der Waals surface area (Å²) in [6.45, 7) is 5.00. The first kappa shape index (κ1) is 24.6. The molecule has 8 nitrogen and oxygen atoms in total. The van der Waals surface area contributed by atoms with Crippen LogP contribution in [0, 0.1) is 19.8 Å². The maximum absolute atomic E-state index is 12.7. The van der Waals surface area contributed by atoms with Gasteiger partial charge in [-0.15, -0.1) is 0 Å². The molecular weight excluding hydrogens is 446 g/mol. The van der Waals surface area contributed by atoms with Crippen molar-refractivity contribution in [3.63, 3.8) is 0 Å². The molecule has 2 aliphatic rings. The predicted octanol–water partition coefficient (Wildman–Crippen LogP) is 5.48. The maximum atomic E-state index is 12.7. The Morgan fingerprint density at radius 1 is 1.00 bits per heavy atom. The Balaban J connectivity index is 1.28. The fraction of sp³-hybridized carbons (Fsp3) is 0.444. The Kier molecular flexibility index (Phi) is 7.58. The number of rotatable bonds is 5. The van der Waals surface area contributed by atoms with Crippen LogP contribution in [0.25, 0.3) is 0 Å². The highest BCUT2D eigenvalue weighted by Gasteiger charge is 2.28. The first-order chi connectivity index (χ1) is 16.8. The monoisotopic (exact) mass is 479 g/mol. The lowest BCUT2D eigenvalue weighted by Crippen LogP contribution is -2.39. The average molecular weight is 480 g/mol. The minimum Gasteiger partial charge on any atom is -0.481 e. The normalized spacial score (nSPS) is 19.4. The summed E-state index contributed by atoms with van der Waals surface area (Å²) >= 11 is 0. The van der Waals surface area contributed by atoms with Crippen molar-refractivity contribution in [2.45, 2.75) is 65.0 Å². The Hall–Kier alpha value is -3.55. The average Bonchev–Trinajstić information content (AvgIpc) is 2.81. The van der Waals surface area contributed by atoms with Crippen molar-refractivity contribution in [2.24, 2.45) is 5.92 Å². The molecule has 1 saturated carbocycles. The molecular formula is C27H33N3O5. The molecule has 0 spiro atoms. The van der Waals surface area contributed by atoms with E-state index in [2.05, 4.69) is 10.6 Å². The van der Waals surface area contributed by atoms with Gasteiger partial charge in [0.05, 0.1) is 0 Å². The van der Waals surface area contributed by atoms with Gasteiger partial charge in [-0.2, -0.15) is 0 Å². The molecule has 2 aromatic rings. The number of carboxylic acids is 1. The molecule has 4 rings (SSSR count). The van der Waals surface area contributed by atoms with E-state index in [9.17, 15) is 14.4 Å². The first-order valence-corrected chi connectivity index (χ1v) is 12.2. The van der Waals surface area contributed by atoms with Crippen LogP contribution in [-0.4, -0.2) is 40.7 Å². The van der Waals surface area contributed by atoms with Crippen molar-refractivity contribution < 1.29 is 24.2 Å². The fourth-order valence-corrected chi connectivity index (χ4v) is 4.94. The molecule has 0 saturated heterocycles. The van der Waals surface area contributed by atoms with Crippen LogP contribution in [0.4, 0.5) is 21.0 Å². The molecule has 8 heteroatoms. The zero-order chi connectivity index (χ0) is 24.9. The van der Waals surface area contributed by atoms with Gasteiger partial charge in [0.15, 0.2) is 0 Å². The van der Waals surface area contributed by atoms with Crippen LogP contribution in [0.5, 0.6) is 0 Å². The number of carbonyl (C=O) groups excluding carboxylic acids is 2. The third-order valence-corrected chi connectivity index (χ3v) is 6.89. The van der Waals surface area contributed by atoms with Crippen LogP contribution < -0.4 is 10.6 Å². The lowest BCUT2D eigenvalue weighted by atomic mass is 9.85. The second kappa shape index (κ2) is 10.8. The van der Waals surface area contributed by atoms with E-state index in [1.807, 2.05) is 50.2 Å². The van der Waals surface area contributed by atoms with Crippen LogP contribution >= 0.6 is 0 Å². The second-order valence-electron chi connectivity index (χ2n) is 9.68. The zero-order valence-corrected chi connectivity index (χ0v) is 20.3. The molecule has 0 bridgehead atoms. The Morgan fingerprint density at radius 3 is 2.49 bits per heavy atom. The number of amides is 3. The molecule has 186 valence electrons. The summed E-state index contributed by atoms with van der Waals surface area (Å²) in [5.74, 6) is -0.590. The third-order valence-electron chi connectivity index (χ3n) is 6.89. The number of ether oxygens (including phenoxy) is 1. The largest absolute Gasteiger partial charge is 0.481 e. The Labute approximate surface area is 205 Å². The number of carboxylic acid groups (broad SMARTS) is 1. The van der Waals surface area contributed by atoms with E-state index in [0.29, 0.717) is 38.0 Å². The van der Waals surface area contributed by atoms with Gasteiger partial charge in [-0.3, -0.25) is 4.79 Å². The van der Waals surface area contributed by atoms with Crippen molar-refractivity contribution in [2.75, 3.05) is 17.2 Å². The maximum Gasteiger partial charge on any atom is 0.410 e. The molecule has 1 heterocycles. The summed E-state index contributed by atoms with van der Waals surface area (Å²) in [5, 5.41) is 14.7. The number of hydrogen-bond acceptors (Lipinski definition) is 4. The topological polar surface area (TPSA) is 108 Å². The SMILES string of the molecule is Cc1ccc(NC(=O)Nc2ccc3c(c2)CCN(C(=O)OC2CCC(CC(=O)O)CC2)C3)c(C)c1. The van der Waals surface area contributed by atoms with Crippen LogP contribution in [0.15, 0.2) is 36.4 Å². The minimum absolute atomic E-state index is 0.142. The Morgan fingerprint density at radius 2 is 1.77 bits per heavy atom. The molecule has 0 unspecified atom stereocenters. The van der Waals surface area contributed by atoms with E-state index >= 15 is 0 Å².